The van der Waals surface area contributed by atoms with Crippen molar-refractivity contribution < 1.29 is 4.74 Å². The molecule has 0 aliphatic carbocycles. The van der Waals surface area contributed by atoms with Crippen LogP contribution >= 0.6 is 35.1 Å². The lowest BCUT2D eigenvalue weighted by molar-refractivity contribution is 0.414. The number of methoxy groups -OCH3 is 1. The summed E-state index contributed by atoms with van der Waals surface area (Å²) in [4.78, 5) is 0. The highest BCUT2D eigenvalue weighted by Crippen LogP contribution is 2.39. The molecule has 0 saturated carbocycles. The van der Waals surface area contributed by atoms with E-state index in [2.05, 4.69) is 12.1 Å². The molecular weight excluding hydrogens is 272 g/mol. The van der Waals surface area contributed by atoms with Gasteiger partial charge >= 0.3 is 0 Å². The summed E-state index contributed by atoms with van der Waals surface area (Å²) < 4.78 is 5.81. The van der Waals surface area contributed by atoms with Gasteiger partial charge in [0.1, 0.15) is 5.75 Å². The SMILES string of the molecule is COc1ccc(C(Cl)CC2SCCCS2)cc1. The molecule has 1 unspecified atom stereocenters. The van der Waals surface area contributed by atoms with Gasteiger partial charge in [-0.15, -0.1) is 35.1 Å². The Hall–Kier alpha value is 0.01000. The fourth-order valence-electron chi connectivity index (χ4n) is 1.79. The largest absolute Gasteiger partial charge is 0.497 e. The summed E-state index contributed by atoms with van der Waals surface area (Å²) in [5, 5.41) is 0.115. The van der Waals surface area contributed by atoms with Gasteiger partial charge in [0.05, 0.1) is 17.1 Å². The Bertz CT molecular complexity index is 336. The average Bonchev–Trinajstić information content (AvgIpc) is 2.40. The summed E-state index contributed by atoms with van der Waals surface area (Å²) in [6, 6.07) is 8.08. The van der Waals surface area contributed by atoms with Crippen LogP contribution in [0.3, 0.4) is 0 Å². The van der Waals surface area contributed by atoms with Crippen molar-refractivity contribution in [1.29, 1.82) is 0 Å². The highest BCUT2D eigenvalue weighted by molar-refractivity contribution is 8.17. The lowest BCUT2D eigenvalue weighted by Gasteiger charge is -2.23. The predicted molar refractivity (Wildman–Crippen MR) is 79.5 cm³/mol. The molecule has 1 aliphatic rings. The van der Waals surface area contributed by atoms with Crippen molar-refractivity contribution in [1.82, 2.24) is 0 Å². The first kappa shape index (κ1) is 13.4. The molecule has 0 amide bonds. The summed E-state index contributed by atoms with van der Waals surface area (Å²) in [5.74, 6) is 3.45. The van der Waals surface area contributed by atoms with Crippen molar-refractivity contribution in [3.63, 3.8) is 0 Å². The highest BCUT2D eigenvalue weighted by atomic mass is 35.5. The molecule has 1 saturated heterocycles. The molecule has 4 heteroatoms. The Labute approximate surface area is 117 Å². The van der Waals surface area contributed by atoms with E-state index in [1.165, 1.54) is 23.5 Å². The zero-order chi connectivity index (χ0) is 12.1. The van der Waals surface area contributed by atoms with E-state index in [4.69, 9.17) is 16.3 Å². The zero-order valence-corrected chi connectivity index (χ0v) is 12.3. The van der Waals surface area contributed by atoms with E-state index < -0.39 is 0 Å². The molecule has 0 bridgehead atoms. The fraction of sp³-hybridized carbons (Fsp3) is 0.538. The van der Waals surface area contributed by atoms with Crippen molar-refractivity contribution in [2.45, 2.75) is 22.8 Å². The molecule has 1 aliphatic heterocycles. The molecule has 1 aromatic rings. The van der Waals surface area contributed by atoms with E-state index >= 15 is 0 Å². The van der Waals surface area contributed by atoms with E-state index in [1.54, 1.807) is 7.11 Å². The Balaban J connectivity index is 1.91. The van der Waals surface area contributed by atoms with Crippen LogP contribution in [-0.4, -0.2) is 23.2 Å². The molecule has 1 nitrogen and oxygen atoms in total. The van der Waals surface area contributed by atoms with Crippen LogP contribution < -0.4 is 4.74 Å². The van der Waals surface area contributed by atoms with Crippen molar-refractivity contribution in [2.75, 3.05) is 18.6 Å². The Kier molecular flexibility index (Phi) is 5.39. The first-order valence-corrected chi connectivity index (χ1v) is 8.34. The first-order chi connectivity index (χ1) is 8.29. The molecule has 1 heterocycles. The van der Waals surface area contributed by atoms with E-state index in [0.717, 1.165) is 12.2 Å². The smallest absolute Gasteiger partial charge is 0.118 e. The normalized spacial score (nSPS) is 18.9. The maximum Gasteiger partial charge on any atom is 0.118 e. The molecule has 0 aromatic heterocycles. The lowest BCUT2D eigenvalue weighted by atomic mass is 10.1. The van der Waals surface area contributed by atoms with Gasteiger partial charge in [0.15, 0.2) is 0 Å². The van der Waals surface area contributed by atoms with Gasteiger partial charge in [-0.1, -0.05) is 12.1 Å². The zero-order valence-electron chi connectivity index (χ0n) is 9.90. The van der Waals surface area contributed by atoms with E-state index in [-0.39, 0.29) is 5.38 Å². The summed E-state index contributed by atoms with van der Waals surface area (Å²) in [5.41, 5.74) is 1.19. The van der Waals surface area contributed by atoms with Crippen LogP contribution in [0.15, 0.2) is 24.3 Å². The monoisotopic (exact) mass is 288 g/mol. The molecule has 1 aromatic carbocycles. The Morgan fingerprint density at radius 1 is 1.29 bits per heavy atom. The van der Waals surface area contributed by atoms with Crippen LogP contribution in [0, 0.1) is 0 Å². The van der Waals surface area contributed by atoms with Gasteiger partial charge in [-0.25, -0.2) is 0 Å². The second-order valence-corrected chi connectivity index (χ2v) is 7.45. The Morgan fingerprint density at radius 3 is 2.53 bits per heavy atom. The van der Waals surface area contributed by atoms with Crippen LogP contribution in [0.5, 0.6) is 5.75 Å². The van der Waals surface area contributed by atoms with E-state index in [0.29, 0.717) is 4.58 Å². The van der Waals surface area contributed by atoms with Crippen LogP contribution in [-0.2, 0) is 0 Å². The van der Waals surface area contributed by atoms with Gasteiger partial charge in [-0.3, -0.25) is 0 Å². The topological polar surface area (TPSA) is 9.23 Å². The number of benzene rings is 1. The van der Waals surface area contributed by atoms with Crippen LogP contribution in [0.1, 0.15) is 23.8 Å². The van der Waals surface area contributed by atoms with E-state index in [9.17, 15) is 0 Å². The maximum atomic E-state index is 6.47. The number of ether oxygens (including phenoxy) is 1. The van der Waals surface area contributed by atoms with E-state index in [1.807, 2.05) is 35.7 Å². The summed E-state index contributed by atoms with van der Waals surface area (Å²) in [6.07, 6.45) is 2.38. The number of thioether (sulfide) groups is 2. The number of hydrogen-bond donors (Lipinski definition) is 0. The van der Waals surface area contributed by atoms with Crippen LogP contribution in [0.25, 0.3) is 0 Å². The van der Waals surface area contributed by atoms with Gasteiger partial charge in [-0.2, -0.15) is 0 Å². The van der Waals surface area contributed by atoms with Gasteiger partial charge in [0.2, 0.25) is 0 Å². The third kappa shape index (κ3) is 4.01. The molecular formula is C13H17ClOS2. The predicted octanol–water partition coefficient (Wildman–Crippen LogP) is 4.56. The minimum Gasteiger partial charge on any atom is -0.497 e. The van der Waals surface area contributed by atoms with Gasteiger partial charge < -0.3 is 4.74 Å². The molecule has 2 rings (SSSR count). The fourth-order valence-corrected chi connectivity index (χ4v) is 5.28. The second kappa shape index (κ2) is 6.81. The average molecular weight is 289 g/mol. The van der Waals surface area contributed by atoms with Gasteiger partial charge in [0, 0.05) is 0 Å². The molecule has 1 fully saturated rings. The lowest BCUT2D eigenvalue weighted by Crippen LogP contribution is -2.09. The first-order valence-electron chi connectivity index (χ1n) is 5.81. The van der Waals surface area contributed by atoms with Crippen molar-refractivity contribution in [3.8, 4) is 5.75 Å². The number of hydrogen-bond acceptors (Lipinski definition) is 3. The van der Waals surface area contributed by atoms with Crippen LogP contribution in [0.2, 0.25) is 0 Å². The van der Waals surface area contributed by atoms with Crippen molar-refractivity contribution >= 4 is 35.1 Å². The van der Waals surface area contributed by atoms with Crippen molar-refractivity contribution in [3.05, 3.63) is 29.8 Å². The molecule has 0 radical (unpaired) electrons. The third-order valence-corrected chi connectivity index (χ3v) is 6.20. The minimum absolute atomic E-state index is 0.115. The van der Waals surface area contributed by atoms with Gasteiger partial charge in [0.25, 0.3) is 0 Å². The van der Waals surface area contributed by atoms with Gasteiger partial charge in [-0.05, 0) is 42.0 Å². The summed E-state index contributed by atoms with van der Waals surface area (Å²) in [6.45, 7) is 0. The standard InChI is InChI=1S/C13H17ClOS2/c1-15-11-5-3-10(4-6-11)12(14)9-13-16-7-2-8-17-13/h3-6,12-13H,2,7-9H2,1H3. The Morgan fingerprint density at radius 2 is 1.94 bits per heavy atom. The number of alkyl halides is 1. The minimum atomic E-state index is 0.115. The van der Waals surface area contributed by atoms with Crippen molar-refractivity contribution in [2.24, 2.45) is 0 Å². The number of rotatable bonds is 4. The third-order valence-electron chi connectivity index (χ3n) is 2.77. The molecule has 1 atom stereocenters. The molecule has 0 N–H and O–H groups in total. The molecule has 0 spiro atoms. The molecule has 17 heavy (non-hydrogen) atoms. The highest BCUT2D eigenvalue weighted by Gasteiger charge is 2.19. The summed E-state index contributed by atoms with van der Waals surface area (Å²) >= 11 is 10.6. The summed E-state index contributed by atoms with van der Waals surface area (Å²) in [7, 11) is 1.68. The maximum absolute atomic E-state index is 6.47. The quantitative estimate of drug-likeness (QED) is 0.752. The second-order valence-electron chi connectivity index (χ2n) is 4.00. The molecule has 94 valence electrons. The van der Waals surface area contributed by atoms with Crippen LogP contribution in [0.4, 0.5) is 0 Å². The number of halogens is 1.